The van der Waals surface area contributed by atoms with Gasteiger partial charge in [-0.1, -0.05) is 30.3 Å². The summed E-state index contributed by atoms with van der Waals surface area (Å²) in [5.74, 6) is -0.163. The first kappa shape index (κ1) is 19.3. The molecule has 28 heavy (non-hydrogen) atoms. The normalized spacial score (nSPS) is 11.6. The molecular weight excluding hydrogens is 354 g/mol. The highest BCUT2D eigenvalue weighted by Gasteiger charge is 2.10. The Morgan fingerprint density at radius 3 is 2.50 bits per heavy atom. The van der Waals surface area contributed by atoms with Gasteiger partial charge in [0, 0.05) is 18.5 Å². The summed E-state index contributed by atoms with van der Waals surface area (Å²) in [4.78, 5) is 28.0. The van der Waals surface area contributed by atoms with Gasteiger partial charge >= 0.3 is 0 Å². The van der Waals surface area contributed by atoms with Crippen molar-refractivity contribution in [1.82, 2.24) is 25.4 Å². The van der Waals surface area contributed by atoms with E-state index in [9.17, 15) is 9.59 Å². The van der Waals surface area contributed by atoms with E-state index in [1.807, 2.05) is 49.4 Å². The van der Waals surface area contributed by atoms with Crippen LogP contribution in [0.1, 0.15) is 41.7 Å². The third-order valence-corrected chi connectivity index (χ3v) is 4.36. The molecule has 0 aliphatic heterocycles. The fraction of sp³-hybridized carbons (Fsp3) is 0.238. The molecular formula is C21H23N5O2. The van der Waals surface area contributed by atoms with Crippen molar-refractivity contribution < 1.29 is 9.59 Å². The lowest BCUT2D eigenvalue weighted by Gasteiger charge is -2.15. The Bertz CT molecular complexity index is 892. The number of benzene rings is 2. The summed E-state index contributed by atoms with van der Waals surface area (Å²) in [6.45, 7) is 2.40. The van der Waals surface area contributed by atoms with Gasteiger partial charge in [0.2, 0.25) is 5.91 Å². The maximum absolute atomic E-state index is 12.1. The molecule has 0 aliphatic carbocycles. The Morgan fingerprint density at radius 2 is 1.82 bits per heavy atom. The summed E-state index contributed by atoms with van der Waals surface area (Å²) in [5, 5.41) is 9.90. The van der Waals surface area contributed by atoms with Crippen molar-refractivity contribution >= 4 is 11.8 Å². The van der Waals surface area contributed by atoms with Crippen molar-refractivity contribution in [3.8, 4) is 5.69 Å². The van der Waals surface area contributed by atoms with E-state index >= 15 is 0 Å². The molecule has 0 spiro atoms. The van der Waals surface area contributed by atoms with Crippen LogP contribution in [0, 0.1) is 0 Å². The third-order valence-electron chi connectivity index (χ3n) is 4.36. The van der Waals surface area contributed by atoms with Crippen LogP contribution in [0.15, 0.2) is 67.3 Å². The van der Waals surface area contributed by atoms with Crippen LogP contribution in [0.25, 0.3) is 5.69 Å². The molecule has 0 saturated carbocycles. The van der Waals surface area contributed by atoms with E-state index in [4.69, 9.17) is 0 Å². The van der Waals surface area contributed by atoms with Gasteiger partial charge in [-0.25, -0.2) is 9.67 Å². The van der Waals surface area contributed by atoms with Gasteiger partial charge in [0.1, 0.15) is 12.7 Å². The van der Waals surface area contributed by atoms with Gasteiger partial charge in [-0.2, -0.15) is 5.10 Å². The highest BCUT2D eigenvalue weighted by Crippen LogP contribution is 2.15. The summed E-state index contributed by atoms with van der Waals surface area (Å²) in [7, 11) is 0. The fourth-order valence-corrected chi connectivity index (χ4v) is 2.80. The molecule has 0 saturated heterocycles. The smallest absolute Gasteiger partial charge is 0.251 e. The Kier molecular flexibility index (Phi) is 6.51. The Labute approximate surface area is 163 Å². The number of nitrogens with zero attached hydrogens (tertiary/aromatic N) is 3. The van der Waals surface area contributed by atoms with E-state index in [-0.39, 0.29) is 17.9 Å². The Balaban J connectivity index is 1.40. The molecule has 7 heteroatoms. The second kappa shape index (κ2) is 9.45. The van der Waals surface area contributed by atoms with E-state index in [2.05, 4.69) is 20.7 Å². The number of aromatic nitrogens is 3. The number of nitrogens with one attached hydrogen (secondary N) is 2. The quantitative estimate of drug-likeness (QED) is 0.591. The Hall–Kier alpha value is -3.48. The van der Waals surface area contributed by atoms with Gasteiger partial charge < -0.3 is 10.6 Å². The molecule has 1 heterocycles. The van der Waals surface area contributed by atoms with Crippen molar-refractivity contribution in [3.63, 3.8) is 0 Å². The molecule has 3 rings (SSSR count). The van der Waals surface area contributed by atoms with Crippen LogP contribution >= 0.6 is 0 Å². The fourth-order valence-electron chi connectivity index (χ4n) is 2.80. The molecule has 2 aromatic carbocycles. The third kappa shape index (κ3) is 5.26. The maximum atomic E-state index is 12.1. The predicted octanol–water partition coefficient (Wildman–Crippen LogP) is 2.65. The first-order chi connectivity index (χ1) is 13.6. The molecule has 1 atom stereocenters. The lowest BCUT2D eigenvalue weighted by molar-refractivity contribution is -0.121. The van der Waals surface area contributed by atoms with Crippen molar-refractivity contribution in [2.24, 2.45) is 0 Å². The molecule has 2 amide bonds. The van der Waals surface area contributed by atoms with Crippen molar-refractivity contribution in [2.45, 2.75) is 25.8 Å². The van der Waals surface area contributed by atoms with Crippen molar-refractivity contribution in [3.05, 3.63) is 78.4 Å². The number of carbonyl (C=O) groups excluding carboxylic acids is 2. The van der Waals surface area contributed by atoms with E-state index in [0.717, 1.165) is 11.3 Å². The summed E-state index contributed by atoms with van der Waals surface area (Å²) < 4.78 is 1.68. The van der Waals surface area contributed by atoms with E-state index in [1.165, 1.54) is 6.33 Å². The van der Waals surface area contributed by atoms with Gasteiger partial charge in [-0.15, -0.1) is 0 Å². The lowest BCUT2D eigenvalue weighted by atomic mass is 10.1. The average Bonchev–Trinajstić information content (AvgIpc) is 3.26. The predicted molar refractivity (Wildman–Crippen MR) is 106 cm³/mol. The van der Waals surface area contributed by atoms with Crippen LogP contribution in [-0.2, 0) is 4.79 Å². The summed E-state index contributed by atoms with van der Waals surface area (Å²) in [6, 6.07) is 16.7. The highest BCUT2D eigenvalue weighted by molar-refractivity contribution is 5.94. The van der Waals surface area contributed by atoms with Gasteiger partial charge in [-0.05, 0) is 43.2 Å². The molecule has 1 aromatic heterocycles. The summed E-state index contributed by atoms with van der Waals surface area (Å²) >= 11 is 0. The largest absolute Gasteiger partial charge is 0.352 e. The molecule has 0 aliphatic rings. The zero-order valence-electron chi connectivity index (χ0n) is 15.7. The second-order valence-electron chi connectivity index (χ2n) is 6.45. The van der Waals surface area contributed by atoms with Crippen molar-refractivity contribution in [2.75, 3.05) is 6.54 Å². The zero-order chi connectivity index (χ0) is 19.8. The Morgan fingerprint density at radius 1 is 1.07 bits per heavy atom. The molecule has 144 valence electrons. The number of carbonyl (C=O) groups is 2. The average molecular weight is 377 g/mol. The van der Waals surface area contributed by atoms with Gasteiger partial charge in [0.25, 0.3) is 5.91 Å². The molecule has 0 radical (unpaired) electrons. The van der Waals surface area contributed by atoms with Gasteiger partial charge in [-0.3, -0.25) is 9.59 Å². The zero-order valence-corrected chi connectivity index (χ0v) is 15.7. The summed E-state index contributed by atoms with van der Waals surface area (Å²) in [6.07, 6.45) is 4.06. The molecule has 3 aromatic rings. The first-order valence-corrected chi connectivity index (χ1v) is 9.21. The van der Waals surface area contributed by atoms with Crippen LogP contribution in [0.5, 0.6) is 0 Å². The van der Waals surface area contributed by atoms with Crippen LogP contribution in [0.4, 0.5) is 0 Å². The van der Waals surface area contributed by atoms with E-state index < -0.39 is 0 Å². The minimum Gasteiger partial charge on any atom is -0.352 e. The van der Waals surface area contributed by atoms with Gasteiger partial charge in [0.05, 0.1) is 11.7 Å². The van der Waals surface area contributed by atoms with Crippen LogP contribution in [-0.4, -0.2) is 33.1 Å². The maximum Gasteiger partial charge on any atom is 0.251 e. The van der Waals surface area contributed by atoms with Gasteiger partial charge in [0.15, 0.2) is 0 Å². The van der Waals surface area contributed by atoms with Crippen molar-refractivity contribution in [1.29, 1.82) is 0 Å². The highest BCUT2D eigenvalue weighted by atomic mass is 16.2. The number of hydrogen-bond donors (Lipinski definition) is 2. The van der Waals surface area contributed by atoms with Crippen LogP contribution < -0.4 is 10.6 Å². The topological polar surface area (TPSA) is 88.9 Å². The minimum atomic E-state index is -0.123. The first-order valence-electron chi connectivity index (χ1n) is 9.21. The standard InChI is InChI=1S/C21H23N5O2/c1-16(17-9-11-19(12-10-17)26-15-22-14-24-26)25-20(27)8-5-13-23-21(28)18-6-3-2-4-7-18/h2-4,6-7,9-12,14-16H,5,8,13H2,1H3,(H,23,28)(H,25,27). The number of hydrogen-bond acceptors (Lipinski definition) is 4. The molecule has 0 fully saturated rings. The van der Waals surface area contributed by atoms with E-state index in [1.54, 1.807) is 23.1 Å². The minimum absolute atomic E-state index is 0.0400. The monoisotopic (exact) mass is 377 g/mol. The molecule has 7 nitrogen and oxygen atoms in total. The number of rotatable bonds is 8. The SMILES string of the molecule is CC(NC(=O)CCCNC(=O)c1ccccc1)c1ccc(-n2cncn2)cc1. The van der Waals surface area contributed by atoms with Crippen LogP contribution in [0.3, 0.4) is 0 Å². The molecule has 2 N–H and O–H groups in total. The van der Waals surface area contributed by atoms with Crippen LogP contribution in [0.2, 0.25) is 0 Å². The second-order valence-corrected chi connectivity index (χ2v) is 6.45. The number of amides is 2. The van der Waals surface area contributed by atoms with E-state index in [0.29, 0.717) is 24.9 Å². The lowest BCUT2D eigenvalue weighted by Crippen LogP contribution is -2.29. The molecule has 1 unspecified atom stereocenters. The summed E-state index contributed by atoms with van der Waals surface area (Å²) in [5.41, 5.74) is 2.54. The molecule has 0 bridgehead atoms.